The summed E-state index contributed by atoms with van der Waals surface area (Å²) in [5, 5.41) is 17.5. The summed E-state index contributed by atoms with van der Waals surface area (Å²) in [7, 11) is 1.47. The van der Waals surface area contributed by atoms with E-state index in [-0.39, 0.29) is 23.9 Å². The van der Waals surface area contributed by atoms with E-state index in [4.69, 9.17) is 9.72 Å². The Bertz CT molecular complexity index is 1240. The summed E-state index contributed by atoms with van der Waals surface area (Å²) in [6.07, 6.45) is 6.45. The topological polar surface area (TPSA) is 101 Å². The fraction of sp³-hybridized carbons (Fsp3) is 0.414. The van der Waals surface area contributed by atoms with Gasteiger partial charge in [-0.2, -0.15) is 0 Å². The lowest BCUT2D eigenvalue weighted by Crippen LogP contribution is -2.36. The number of fused-ring (bicyclic) bond motifs is 2. The molecule has 1 aliphatic carbocycles. The fourth-order valence-electron chi connectivity index (χ4n) is 4.88. The van der Waals surface area contributed by atoms with Gasteiger partial charge in [-0.1, -0.05) is 24.3 Å². The molecule has 0 radical (unpaired) electrons. The molecule has 0 saturated heterocycles. The molecule has 1 atom stereocenters. The third-order valence-electron chi connectivity index (χ3n) is 6.87. The van der Waals surface area contributed by atoms with E-state index in [0.29, 0.717) is 12.3 Å². The molecular formula is C29H35N3O4. The van der Waals surface area contributed by atoms with Crippen LogP contribution in [0.15, 0.2) is 42.5 Å². The Kier molecular flexibility index (Phi) is 8.41. The van der Waals surface area contributed by atoms with Crippen LogP contribution < -0.4 is 15.4 Å². The average molecular weight is 490 g/mol. The van der Waals surface area contributed by atoms with Crippen molar-refractivity contribution in [1.29, 1.82) is 0 Å². The molecule has 36 heavy (non-hydrogen) atoms. The molecule has 0 saturated carbocycles. The number of carbonyl (C=O) groups is 2. The number of aromatic nitrogens is 1. The van der Waals surface area contributed by atoms with E-state index in [2.05, 4.69) is 28.8 Å². The largest absolute Gasteiger partial charge is 0.504 e. The van der Waals surface area contributed by atoms with Crippen molar-refractivity contribution in [3.63, 3.8) is 0 Å². The van der Waals surface area contributed by atoms with Crippen LogP contribution in [0.3, 0.4) is 0 Å². The quantitative estimate of drug-likeness (QED) is 0.269. The van der Waals surface area contributed by atoms with Crippen molar-refractivity contribution in [2.24, 2.45) is 5.92 Å². The normalized spacial score (nSPS) is 13.6. The Morgan fingerprint density at radius 3 is 2.67 bits per heavy atom. The van der Waals surface area contributed by atoms with Gasteiger partial charge in [0, 0.05) is 29.9 Å². The fourth-order valence-corrected chi connectivity index (χ4v) is 4.88. The van der Waals surface area contributed by atoms with Crippen LogP contribution in [0.4, 0.5) is 5.69 Å². The first kappa shape index (κ1) is 25.5. The minimum absolute atomic E-state index is 0.0268. The smallest absolute Gasteiger partial charge is 0.230 e. The summed E-state index contributed by atoms with van der Waals surface area (Å²) in [4.78, 5) is 29.8. The number of para-hydroxylation sites is 1. The van der Waals surface area contributed by atoms with Crippen molar-refractivity contribution >= 4 is 28.3 Å². The molecular weight excluding hydrogens is 454 g/mol. The highest BCUT2D eigenvalue weighted by Gasteiger charge is 2.24. The van der Waals surface area contributed by atoms with Crippen molar-refractivity contribution in [3.05, 3.63) is 59.3 Å². The molecule has 3 N–H and O–H groups in total. The first-order valence-corrected chi connectivity index (χ1v) is 12.8. The lowest BCUT2D eigenvalue weighted by molar-refractivity contribution is -0.132. The maximum atomic E-state index is 12.7. The summed E-state index contributed by atoms with van der Waals surface area (Å²) < 4.78 is 5.13. The molecule has 7 nitrogen and oxygen atoms in total. The number of hydrogen-bond donors (Lipinski definition) is 3. The SMILES string of the molecule is COc1cc(CC(C(C)=O)C(=O)NCCCCNc2c3c(nc4ccccc24)CCCC3)ccc1O. The van der Waals surface area contributed by atoms with Crippen LogP contribution in [0, 0.1) is 5.92 Å². The molecule has 0 fully saturated rings. The number of pyridine rings is 1. The van der Waals surface area contributed by atoms with Gasteiger partial charge < -0.3 is 20.5 Å². The Labute approximate surface area is 212 Å². The highest BCUT2D eigenvalue weighted by atomic mass is 16.5. The van der Waals surface area contributed by atoms with Gasteiger partial charge in [-0.3, -0.25) is 14.6 Å². The van der Waals surface area contributed by atoms with Gasteiger partial charge in [-0.25, -0.2) is 0 Å². The minimum Gasteiger partial charge on any atom is -0.504 e. The van der Waals surface area contributed by atoms with E-state index < -0.39 is 5.92 Å². The number of ether oxygens (including phenoxy) is 1. The van der Waals surface area contributed by atoms with Gasteiger partial charge in [0.2, 0.25) is 5.91 Å². The molecule has 0 spiro atoms. The van der Waals surface area contributed by atoms with Gasteiger partial charge >= 0.3 is 0 Å². The van der Waals surface area contributed by atoms with Crippen molar-refractivity contribution in [3.8, 4) is 11.5 Å². The summed E-state index contributed by atoms with van der Waals surface area (Å²) in [5.74, 6) is -0.871. The van der Waals surface area contributed by atoms with Gasteiger partial charge in [0.25, 0.3) is 0 Å². The number of ketones is 1. The number of nitrogens with one attached hydrogen (secondary N) is 2. The third kappa shape index (κ3) is 5.96. The van der Waals surface area contributed by atoms with Gasteiger partial charge in [0.05, 0.1) is 12.6 Å². The molecule has 0 aliphatic heterocycles. The Balaban J connectivity index is 1.29. The number of phenols is 1. The van der Waals surface area contributed by atoms with E-state index in [1.807, 2.05) is 6.07 Å². The van der Waals surface area contributed by atoms with Gasteiger partial charge in [-0.15, -0.1) is 0 Å². The highest BCUT2D eigenvalue weighted by Crippen LogP contribution is 2.33. The van der Waals surface area contributed by atoms with Crippen LogP contribution >= 0.6 is 0 Å². The molecule has 7 heteroatoms. The number of phenolic OH excluding ortho intramolecular Hbond substituents is 1. The zero-order valence-electron chi connectivity index (χ0n) is 21.1. The Morgan fingerprint density at radius 2 is 1.86 bits per heavy atom. The van der Waals surface area contributed by atoms with E-state index in [1.54, 1.807) is 12.1 Å². The summed E-state index contributed by atoms with van der Waals surface area (Å²) >= 11 is 0. The number of benzene rings is 2. The molecule has 1 amide bonds. The Hall–Kier alpha value is -3.61. The van der Waals surface area contributed by atoms with Gasteiger partial charge in [0.1, 0.15) is 11.7 Å². The molecule has 2 aromatic carbocycles. The zero-order chi connectivity index (χ0) is 25.5. The van der Waals surface area contributed by atoms with E-state index >= 15 is 0 Å². The van der Waals surface area contributed by atoms with Crippen molar-refractivity contribution in [2.45, 2.75) is 51.9 Å². The highest BCUT2D eigenvalue weighted by molar-refractivity contribution is 6.00. The predicted molar refractivity (Wildman–Crippen MR) is 142 cm³/mol. The molecule has 1 aliphatic rings. The monoisotopic (exact) mass is 489 g/mol. The predicted octanol–water partition coefficient (Wildman–Crippen LogP) is 4.58. The van der Waals surface area contributed by atoms with Crippen molar-refractivity contribution < 1.29 is 19.4 Å². The number of unbranched alkanes of at least 4 members (excludes halogenated alkanes) is 1. The van der Waals surface area contributed by atoms with Crippen LogP contribution in [0.2, 0.25) is 0 Å². The Morgan fingerprint density at radius 1 is 1.08 bits per heavy atom. The van der Waals surface area contributed by atoms with Crippen molar-refractivity contribution in [1.82, 2.24) is 10.3 Å². The third-order valence-corrected chi connectivity index (χ3v) is 6.87. The summed E-state index contributed by atoms with van der Waals surface area (Å²) in [6, 6.07) is 13.2. The van der Waals surface area contributed by atoms with Gasteiger partial charge in [0.15, 0.2) is 11.5 Å². The lowest BCUT2D eigenvalue weighted by Gasteiger charge is -2.21. The maximum Gasteiger partial charge on any atom is 0.230 e. The molecule has 190 valence electrons. The molecule has 1 unspecified atom stereocenters. The lowest BCUT2D eigenvalue weighted by atomic mass is 9.92. The van der Waals surface area contributed by atoms with Gasteiger partial charge in [-0.05, 0) is 81.2 Å². The zero-order valence-corrected chi connectivity index (χ0v) is 21.1. The molecule has 1 aromatic heterocycles. The van der Waals surface area contributed by atoms with Crippen LogP contribution in [0.1, 0.15) is 49.4 Å². The van der Waals surface area contributed by atoms with E-state index in [1.165, 1.54) is 55.3 Å². The van der Waals surface area contributed by atoms with Crippen LogP contribution in [-0.4, -0.2) is 42.0 Å². The number of Topliss-reactive ketones (excluding diaryl/α,β-unsaturated/α-hetero) is 1. The second-order valence-electron chi connectivity index (χ2n) is 9.43. The number of carbonyl (C=O) groups excluding carboxylic acids is 2. The number of anilines is 1. The number of aromatic hydroxyl groups is 1. The van der Waals surface area contributed by atoms with Crippen LogP contribution in [0.25, 0.3) is 10.9 Å². The molecule has 0 bridgehead atoms. The summed E-state index contributed by atoms with van der Waals surface area (Å²) in [6.45, 7) is 2.75. The van der Waals surface area contributed by atoms with E-state index in [0.717, 1.165) is 43.3 Å². The molecule has 1 heterocycles. The molecule has 3 aromatic rings. The first-order chi connectivity index (χ1) is 17.5. The number of amides is 1. The number of methoxy groups -OCH3 is 1. The number of nitrogens with zero attached hydrogens (tertiary/aromatic N) is 1. The minimum atomic E-state index is -0.771. The molecule has 4 rings (SSSR count). The van der Waals surface area contributed by atoms with Crippen LogP contribution in [0.5, 0.6) is 11.5 Å². The number of rotatable bonds is 11. The van der Waals surface area contributed by atoms with E-state index in [9.17, 15) is 14.7 Å². The second kappa shape index (κ2) is 11.9. The average Bonchev–Trinajstić information content (AvgIpc) is 2.89. The summed E-state index contributed by atoms with van der Waals surface area (Å²) in [5.41, 5.74) is 5.58. The van der Waals surface area contributed by atoms with Crippen molar-refractivity contribution in [2.75, 3.05) is 25.5 Å². The maximum absolute atomic E-state index is 12.7. The number of hydrogen-bond acceptors (Lipinski definition) is 6. The van der Waals surface area contributed by atoms with Crippen LogP contribution in [-0.2, 0) is 28.9 Å². The second-order valence-corrected chi connectivity index (χ2v) is 9.43. The first-order valence-electron chi connectivity index (χ1n) is 12.8. The standard InChI is InChI=1S/C29H35N3O4/c1-19(33)23(17-20-13-14-26(34)27(18-20)36-2)29(35)31-16-8-7-15-30-28-21-9-3-5-11-24(21)32-25-12-6-4-10-22(25)28/h3,5,9,11,13-14,18,23,34H,4,6-8,10,12,15-17H2,1-2H3,(H,30,32)(H,31,35). The number of aryl methyl sites for hydroxylation is 1.